The second-order valence-electron chi connectivity index (χ2n) is 7.07. The lowest BCUT2D eigenvalue weighted by Gasteiger charge is -2.34. The minimum Gasteiger partial charge on any atom is -0.377 e. The van der Waals surface area contributed by atoms with E-state index >= 15 is 0 Å². The van der Waals surface area contributed by atoms with Crippen molar-refractivity contribution in [1.82, 2.24) is 20.4 Å². The molecule has 0 atom stereocenters. The SMILES string of the molecule is CCNC(=NCC(C)(C)OC)NCCCCN1CCN(CC)CC1.I. The summed E-state index contributed by atoms with van der Waals surface area (Å²) < 4.78 is 5.42. The molecule has 0 bridgehead atoms. The number of unbranched alkanes of at least 4 members (excludes halogenated alkanes) is 1. The molecule has 0 aromatic carbocycles. The molecule has 0 unspecified atom stereocenters. The summed E-state index contributed by atoms with van der Waals surface area (Å²) in [6.07, 6.45) is 2.41. The van der Waals surface area contributed by atoms with Crippen molar-refractivity contribution < 1.29 is 4.74 Å². The van der Waals surface area contributed by atoms with Crippen LogP contribution in [0.4, 0.5) is 0 Å². The lowest BCUT2D eigenvalue weighted by Crippen LogP contribution is -2.46. The molecule has 150 valence electrons. The zero-order chi connectivity index (χ0) is 17.8. The smallest absolute Gasteiger partial charge is 0.191 e. The van der Waals surface area contributed by atoms with Crippen LogP contribution < -0.4 is 10.6 Å². The Morgan fingerprint density at radius 1 is 1.04 bits per heavy atom. The van der Waals surface area contributed by atoms with Gasteiger partial charge in [-0.1, -0.05) is 6.92 Å². The lowest BCUT2D eigenvalue weighted by atomic mass is 10.1. The van der Waals surface area contributed by atoms with Gasteiger partial charge in [0, 0.05) is 46.4 Å². The molecular formula is C18H40IN5O. The maximum Gasteiger partial charge on any atom is 0.191 e. The fraction of sp³-hybridized carbons (Fsp3) is 0.944. The summed E-state index contributed by atoms with van der Waals surface area (Å²) >= 11 is 0. The summed E-state index contributed by atoms with van der Waals surface area (Å²) in [5.41, 5.74) is -0.219. The van der Waals surface area contributed by atoms with Gasteiger partial charge in [-0.3, -0.25) is 4.99 Å². The molecule has 0 amide bonds. The van der Waals surface area contributed by atoms with E-state index in [4.69, 9.17) is 4.74 Å². The molecule has 7 heteroatoms. The predicted molar refractivity (Wildman–Crippen MR) is 118 cm³/mol. The average molecular weight is 469 g/mol. The van der Waals surface area contributed by atoms with E-state index in [1.807, 2.05) is 0 Å². The third kappa shape index (κ3) is 11.2. The minimum absolute atomic E-state index is 0. The molecule has 1 heterocycles. The monoisotopic (exact) mass is 469 g/mol. The number of piperazine rings is 1. The predicted octanol–water partition coefficient (Wildman–Crippen LogP) is 2.00. The van der Waals surface area contributed by atoms with Crippen LogP contribution in [0.2, 0.25) is 0 Å². The van der Waals surface area contributed by atoms with E-state index in [-0.39, 0.29) is 29.6 Å². The van der Waals surface area contributed by atoms with E-state index in [1.165, 1.54) is 52.1 Å². The second kappa shape index (κ2) is 14.0. The molecule has 0 radical (unpaired) electrons. The molecule has 0 aliphatic carbocycles. The zero-order valence-corrected chi connectivity index (χ0v) is 19.3. The zero-order valence-electron chi connectivity index (χ0n) is 16.9. The Morgan fingerprint density at radius 3 is 2.24 bits per heavy atom. The van der Waals surface area contributed by atoms with Crippen molar-refractivity contribution in [2.24, 2.45) is 4.99 Å². The first kappa shape index (κ1) is 24.9. The summed E-state index contributed by atoms with van der Waals surface area (Å²) in [6, 6.07) is 0. The first-order chi connectivity index (χ1) is 11.5. The number of halogens is 1. The van der Waals surface area contributed by atoms with Crippen molar-refractivity contribution in [3.63, 3.8) is 0 Å². The Morgan fingerprint density at radius 2 is 1.68 bits per heavy atom. The molecule has 0 saturated carbocycles. The number of hydrogen-bond acceptors (Lipinski definition) is 4. The van der Waals surface area contributed by atoms with Crippen LogP contribution in [-0.2, 0) is 4.74 Å². The van der Waals surface area contributed by atoms with Gasteiger partial charge in [0.05, 0.1) is 12.1 Å². The third-order valence-electron chi connectivity index (χ3n) is 4.62. The van der Waals surface area contributed by atoms with Gasteiger partial charge in [-0.15, -0.1) is 24.0 Å². The Labute approximate surface area is 172 Å². The largest absolute Gasteiger partial charge is 0.377 e. The number of guanidine groups is 1. The number of rotatable bonds is 10. The molecule has 0 aromatic heterocycles. The number of nitrogens with one attached hydrogen (secondary N) is 2. The van der Waals surface area contributed by atoms with Gasteiger partial charge in [0.1, 0.15) is 0 Å². The van der Waals surface area contributed by atoms with E-state index in [1.54, 1.807) is 7.11 Å². The maximum atomic E-state index is 5.42. The Kier molecular flexibility index (Phi) is 13.9. The van der Waals surface area contributed by atoms with Gasteiger partial charge in [-0.2, -0.15) is 0 Å². The third-order valence-corrected chi connectivity index (χ3v) is 4.62. The number of aliphatic imine (C=N–C) groups is 1. The van der Waals surface area contributed by atoms with E-state index in [0.717, 1.165) is 19.0 Å². The highest BCUT2D eigenvalue weighted by Gasteiger charge is 2.16. The second-order valence-corrected chi connectivity index (χ2v) is 7.07. The number of ether oxygens (including phenoxy) is 1. The number of hydrogen-bond donors (Lipinski definition) is 2. The first-order valence-electron chi connectivity index (χ1n) is 9.52. The quantitative estimate of drug-likeness (QED) is 0.222. The van der Waals surface area contributed by atoms with Crippen LogP contribution in [0, 0.1) is 0 Å². The van der Waals surface area contributed by atoms with E-state index in [9.17, 15) is 0 Å². The molecule has 0 spiro atoms. The standard InChI is InChI=1S/C18H39N5O.HI/c1-6-19-17(21-16-18(3,4)24-5)20-10-8-9-11-23-14-12-22(7-2)13-15-23;/h6-16H2,1-5H3,(H2,19,20,21);1H. The molecule has 2 N–H and O–H groups in total. The van der Waals surface area contributed by atoms with Crippen molar-refractivity contribution in [2.45, 2.75) is 46.1 Å². The molecule has 1 rings (SSSR count). The van der Waals surface area contributed by atoms with Gasteiger partial charge in [-0.05, 0) is 46.7 Å². The summed E-state index contributed by atoms with van der Waals surface area (Å²) in [5, 5.41) is 6.73. The molecule has 1 saturated heterocycles. The van der Waals surface area contributed by atoms with Gasteiger partial charge in [0.2, 0.25) is 0 Å². The number of methoxy groups -OCH3 is 1. The fourth-order valence-corrected chi connectivity index (χ4v) is 2.67. The van der Waals surface area contributed by atoms with E-state index in [2.05, 4.69) is 53.1 Å². The lowest BCUT2D eigenvalue weighted by molar-refractivity contribution is 0.0310. The van der Waals surface area contributed by atoms with E-state index < -0.39 is 0 Å². The van der Waals surface area contributed by atoms with Crippen LogP contribution in [0.3, 0.4) is 0 Å². The molecule has 25 heavy (non-hydrogen) atoms. The number of likely N-dealkylation sites (N-methyl/N-ethyl adjacent to an activating group) is 1. The highest BCUT2D eigenvalue weighted by molar-refractivity contribution is 14.0. The van der Waals surface area contributed by atoms with Gasteiger partial charge < -0.3 is 25.2 Å². The molecule has 1 aliphatic heterocycles. The Balaban J connectivity index is 0.00000576. The van der Waals surface area contributed by atoms with Crippen LogP contribution in [-0.4, -0.2) is 87.4 Å². The highest BCUT2D eigenvalue weighted by Crippen LogP contribution is 2.07. The molecule has 6 nitrogen and oxygen atoms in total. The molecule has 1 aliphatic rings. The summed E-state index contributed by atoms with van der Waals surface area (Å²) in [4.78, 5) is 9.73. The van der Waals surface area contributed by atoms with Crippen molar-refractivity contribution >= 4 is 29.9 Å². The minimum atomic E-state index is -0.219. The van der Waals surface area contributed by atoms with Crippen molar-refractivity contribution in [3.05, 3.63) is 0 Å². The van der Waals surface area contributed by atoms with Gasteiger partial charge in [-0.25, -0.2) is 0 Å². The van der Waals surface area contributed by atoms with Gasteiger partial charge in [0.25, 0.3) is 0 Å². The van der Waals surface area contributed by atoms with Gasteiger partial charge in [0.15, 0.2) is 5.96 Å². The number of nitrogens with zero attached hydrogens (tertiary/aromatic N) is 3. The van der Waals surface area contributed by atoms with Crippen molar-refractivity contribution in [1.29, 1.82) is 0 Å². The molecule has 0 aromatic rings. The van der Waals surface area contributed by atoms with Crippen LogP contribution in [0.25, 0.3) is 0 Å². The summed E-state index contributed by atoms with van der Waals surface area (Å²) in [6.45, 7) is 18.2. The summed E-state index contributed by atoms with van der Waals surface area (Å²) in [7, 11) is 1.73. The van der Waals surface area contributed by atoms with Crippen LogP contribution in [0.15, 0.2) is 4.99 Å². The fourth-order valence-electron chi connectivity index (χ4n) is 2.67. The Hall–Kier alpha value is -0.120. The van der Waals surface area contributed by atoms with Crippen molar-refractivity contribution in [3.8, 4) is 0 Å². The topological polar surface area (TPSA) is 52.1 Å². The van der Waals surface area contributed by atoms with Crippen LogP contribution >= 0.6 is 24.0 Å². The first-order valence-corrected chi connectivity index (χ1v) is 9.52. The average Bonchev–Trinajstić information content (AvgIpc) is 2.60. The van der Waals surface area contributed by atoms with Crippen LogP contribution in [0.1, 0.15) is 40.5 Å². The normalized spacial score (nSPS) is 17.2. The van der Waals surface area contributed by atoms with Crippen molar-refractivity contribution in [2.75, 3.05) is 66.0 Å². The Bertz CT molecular complexity index is 357. The molecule has 1 fully saturated rings. The van der Waals surface area contributed by atoms with Gasteiger partial charge >= 0.3 is 0 Å². The van der Waals surface area contributed by atoms with Crippen LogP contribution in [0.5, 0.6) is 0 Å². The summed E-state index contributed by atoms with van der Waals surface area (Å²) in [5.74, 6) is 0.888. The molecular weight excluding hydrogens is 429 g/mol. The highest BCUT2D eigenvalue weighted by atomic mass is 127. The van der Waals surface area contributed by atoms with E-state index in [0.29, 0.717) is 6.54 Å². The maximum absolute atomic E-state index is 5.42.